The van der Waals surface area contributed by atoms with E-state index in [1.165, 1.54) is 23.9 Å². The van der Waals surface area contributed by atoms with Crippen molar-refractivity contribution in [3.63, 3.8) is 0 Å². The van der Waals surface area contributed by atoms with Gasteiger partial charge in [0.05, 0.1) is 17.3 Å². The molecule has 0 radical (unpaired) electrons. The first kappa shape index (κ1) is 24.1. The zero-order valence-corrected chi connectivity index (χ0v) is 19.8. The van der Waals surface area contributed by atoms with Gasteiger partial charge in [0, 0.05) is 12.2 Å². The molecule has 8 nitrogen and oxygen atoms in total. The lowest BCUT2D eigenvalue weighted by molar-refractivity contribution is -0.122. The molecule has 3 rings (SSSR count). The van der Waals surface area contributed by atoms with Gasteiger partial charge in [-0.25, -0.2) is 8.42 Å². The number of sulfone groups is 1. The van der Waals surface area contributed by atoms with Gasteiger partial charge in [-0.1, -0.05) is 17.7 Å². The number of hydrogen-bond donors (Lipinski definition) is 3. The maximum absolute atomic E-state index is 12.9. The Morgan fingerprint density at radius 2 is 1.91 bits per heavy atom. The predicted octanol–water partition coefficient (Wildman–Crippen LogP) is 2.22. The Morgan fingerprint density at radius 1 is 1.19 bits per heavy atom. The number of amides is 2. The molecule has 2 atom stereocenters. The summed E-state index contributed by atoms with van der Waals surface area (Å²) in [6.07, 6.45) is 0. The Labute approximate surface area is 192 Å². The first-order valence-corrected chi connectivity index (χ1v) is 12.8. The van der Waals surface area contributed by atoms with E-state index in [-0.39, 0.29) is 23.1 Å². The van der Waals surface area contributed by atoms with Crippen molar-refractivity contribution in [1.82, 2.24) is 10.6 Å². The van der Waals surface area contributed by atoms with E-state index in [1.54, 1.807) is 12.1 Å². The maximum atomic E-state index is 12.9. The number of carbonyl (C=O) groups is 2. The number of benzene rings is 2. The van der Waals surface area contributed by atoms with Crippen LogP contribution in [-0.4, -0.2) is 49.9 Å². The smallest absolute Gasteiger partial charge is 0.241 e. The second-order valence-corrected chi connectivity index (χ2v) is 10.6. The lowest BCUT2D eigenvalue weighted by Gasteiger charge is -2.29. The molecule has 1 fully saturated rings. The molecule has 2 aromatic rings. The molecule has 0 aliphatic carbocycles. The van der Waals surface area contributed by atoms with Gasteiger partial charge in [0.2, 0.25) is 11.8 Å². The summed E-state index contributed by atoms with van der Waals surface area (Å²) in [6, 6.07) is 11.8. The summed E-state index contributed by atoms with van der Waals surface area (Å²) in [5.74, 6) is -0.137. The Balaban J connectivity index is 1.54. The van der Waals surface area contributed by atoms with E-state index >= 15 is 0 Å². The summed E-state index contributed by atoms with van der Waals surface area (Å²) in [5, 5.41) is 7.23. The van der Waals surface area contributed by atoms with Crippen molar-refractivity contribution in [2.45, 2.75) is 36.4 Å². The normalized spacial score (nSPS) is 18.7. The van der Waals surface area contributed by atoms with Crippen molar-refractivity contribution in [2.75, 3.05) is 24.2 Å². The van der Waals surface area contributed by atoms with Crippen molar-refractivity contribution in [1.29, 1.82) is 0 Å². The van der Waals surface area contributed by atoms with Gasteiger partial charge in [0.15, 0.2) is 15.1 Å². The topological polar surface area (TPSA) is 114 Å². The number of thioether (sulfide) groups is 1. The molecule has 32 heavy (non-hydrogen) atoms. The van der Waals surface area contributed by atoms with Crippen LogP contribution in [0.4, 0.5) is 5.69 Å². The number of anilines is 1. The molecule has 3 N–H and O–H groups in total. The standard InChI is InChI=1S/C22H27N3O5S2/c1-4-30-16-6-8-17(9-7-16)32(28,29)19-12-23-22(25-21(19)27)31-13-20(26)24-18-10-5-14(2)11-15(18)3/h5-11,19,22-23H,4,12-13H2,1-3H3,(H,24,26)(H,25,27). The van der Waals surface area contributed by atoms with Gasteiger partial charge in [-0.05, 0) is 56.7 Å². The zero-order valence-electron chi connectivity index (χ0n) is 18.2. The molecule has 1 aliphatic heterocycles. The highest BCUT2D eigenvalue weighted by molar-refractivity contribution is 8.00. The van der Waals surface area contributed by atoms with Crippen LogP contribution in [0.25, 0.3) is 0 Å². The van der Waals surface area contributed by atoms with Gasteiger partial charge in [-0.15, -0.1) is 11.8 Å². The Kier molecular flexibility index (Phi) is 7.81. The van der Waals surface area contributed by atoms with Crippen LogP contribution in [0.1, 0.15) is 18.1 Å². The van der Waals surface area contributed by atoms with Gasteiger partial charge in [0.25, 0.3) is 0 Å². The fraction of sp³-hybridized carbons (Fsp3) is 0.364. The number of nitrogens with one attached hydrogen (secondary N) is 3. The van der Waals surface area contributed by atoms with Crippen LogP contribution in [0.5, 0.6) is 5.75 Å². The third kappa shape index (κ3) is 5.81. The Hall–Kier alpha value is -2.56. The van der Waals surface area contributed by atoms with Crippen LogP contribution in [0.3, 0.4) is 0 Å². The van der Waals surface area contributed by atoms with Crippen LogP contribution < -0.4 is 20.7 Å². The number of aryl methyl sites for hydroxylation is 2. The van der Waals surface area contributed by atoms with E-state index in [4.69, 9.17) is 4.74 Å². The number of carbonyl (C=O) groups excluding carboxylic acids is 2. The quantitative estimate of drug-likeness (QED) is 0.534. The molecule has 0 aromatic heterocycles. The van der Waals surface area contributed by atoms with E-state index in [1.807, 2.05) is 39.0 Å². The SMILES string of the molecule is CCOc1ccc(S(=O)(=O)C2CNC(SCC(=O)Nc3ccc(C)cc3C)NC2=O)cc1. The van der Waals surface area contributed by atoms with Crippen LogP contribution in [-0.2, 0) is 19.4 Å². The lowest BCUT2D eigenvalue weighted by Crippen LogP contribution is -2.59. The van der Waals surface area contributed by atoms with E-state index in [0.29, 0.717) is 12.4 Å². The van der Waals surface area contributed by atoms with Gasteiger partial charge < -0.3 is 15.4 Å². The number of hydrogen-bond acceptors (Lipinski definition) is 7. The summed E-state index contributed by atoms with van der Waals surface area (Å²) >= 11 is 1.19. The first-order valence-electron chi connectivity index (χ1n) is 10.2. The summed E-state index contributed by atoms with van der Waals surface area (Å²) in [5.41, 5.74) is 2.26. The van der Waals surface area contributed by atoms with Crippen molar-refractivity contribution in [3.05, 3.63) is 53.6 Å². The molecule has 0 saturated carbocycles. The fourth-order valence-electron chi connectivity index (χ4n) is 3.29. The predicted molar refractivity (Wildman–Crippen MR) is 126 cm³/mol. The van der Waals surface area contributed by atoms with Crippen LogP contribution in [0, 0.1) is 13.8 Å². The van der Waals surface area contributed by atoms with Gasteiger partial charge in [-0.3, -0.25) is 14.9 Å². The van der Waals surface area contributed by atoms with Crippen molar-refractivity contribution < 1.29 is 22.7 Å². The van der Waals surface area contributed by atoms with Gasteiger partial charge in [-0.2, -0.15) is 0 Å². The Morgan fingerprint density at radius 3 is 2.53 bits per heavy atom. The van der Waals surface area contributed by atoms with E-state index in [2.05, 4.69) is 16.0 Å². The van der Waals surface area contributed by atoms with Crippen molar-refractivity contribution in [2.24, 2.45) is 0 Å². The second-order valence-electron chi connectivity index (χ2n) is 7.41. The molecular formula is C22H27N3O5S2. The van der Waals surface area contributed by atoms with E-state index in [0.717, 1.165) is 16.8 Å². The van der Waals surface area contributed by atoms with Crippen molar-refractivity contribution >= 4 is 39.1 Å². The van der Waals surface area contributed by atoms with Gasteiger partial charge >= 0.3 is 0 Å². The summed E-state index contributed by atoms with van der Waals surface area (Å²) < 4.78 is 31.1. The first-order chi connectivity index (χ1) is 15.2. The maximum Gasteiger partial charge on any atom is 0.241 e. The van der Waals surface area contributed by atoms with Crippen LogP contribution in [0.2, 0.25) is 0 Å². The molecule has 1 heterocycles. The highest BCUT2D eigenvalue weighted by Crippen LogP contribution is 2.23. The summed E-state index contributed by atoms with van der Waals surface area (Å²) in [7, 11) is -3.87. The lowest BCUT2D eigenvalue weighted by atomic mass is 10.1. The number of ether oxygens (including phenoxy) is 1. The minimum atomic E-state index is -3.87. The molecule has 0 spiro atoms. The molecule has 1 saturated heterocycles. The number of rotatable bonds is 8. The molecule has 2 amide bonds. The van der Waals surface area contributed by atoms with E-state index < -0.39 is 26.5 Å². The van der Waals surface area contributed by atoms with Crippen molar-refractivity contribution in [3.8, 4) is 5.75 Å². The molecule has 10 heteroatoms. The molecule has 2 unspecified atom stereocenters. The summed E-state index contributed by atoms with van der Waals surface area (Å²) in [6.45, 7) is 6.17. The molecular weight excluding hydrogens is 450 g/mol. The average Bonchev–Trinajstić information content (AvgIpc) is 2.75. The minimum Gasteiger partial charge on any atom is -0.494 e. The Bertz CT molecular complexity index is 1090. The third-order valence-corrected chi connectivity index (χ3v) is 8.04. The van der Waals surface area contributed by atoms with Crippen LogP contribution in [0.15, 0.2) is 47.4 Å². The van der Waals surface area contributed by atoms with E-state index in [9.17, 15) is 18.0 Å². The van der Waals surface area contributed by atoms with Gasteiger partial charge in [0.1, 0.15) is 11.2 Å². The largest absolute Gasteiger partial charge is 0.494 e. The van der Waals surface area contributed by atoms with Crippen LogP contribution >= 0.6 is 11.8 Å². The minimum absolute atomic E-state index is 0.0439. The molecule has 2 aromatic carbocycles. The molecule has 1 aliphatic rings. The molecule has 0 bridgehead atoms. The fourth-order valence-corrected chi connectivity index (χ4v) is 5.60. The monoisotopic (exact) mass is 477 g/mol. The average molecular weight is 478 g/mol. The third-order valence-electron chi connectivity index (χ3n) is 4.93. The summed E-state index contributed by atoms with van der Waals surface area (Å²) in [4.78, 5) is 24.9. The zero-order chi connectivity index (χ0) is 23.3. The second kappa shape index (κ2) is 10.4. The highest BCUT2D eigenvalue weighted by Gasteiger charge is 2.38. The molecule has 172 valence electrons. The highest BCUT2D eigenvalue weighted by atomic mass is 32.2.